The maximum atomic E-state index is 5.28. The molecule has 1 unspecified atom stereocenters. The van der Waals surface area contributed by atoms with E-state index in [4.69, 9.17) is 4.74 Å². The summed E-state index contributed by atoms with van der Waals surface area (Å²) in [5.74, 6) is 0. The molecule has 0 amide bonds. The lowest BCUT2D eigenvalue weighted by Crippen LogP contribution is -2.43. The lowest BCUT2D eigenvalue weighted by Gasteiger charge is -2.28. The third-order valence-electron chi connectivity index (χ3n) is 2.42. The molecule has 12 heavy (non-hydrogen) atoms. The molecule has 2 aliphatic rings. The van der Waals surface area contributed by atoms with Gasteiger partial charge in [-0.15, -0.1) is 0 Å². The smallest absolute Gasteiger partial charge is 0.0594 e. The number of hydrogen-bond acceptors (Lipinski definition) is 3. The minimum Gasteiger partial charge on any atom is -0.379 e. The summed E-state index contributed by atoms with van der Waals surface area (Å²) in [7, 11) is 0. The molecular formula is C9H16N2O. The number of rotatable bonds is 2. The highest BCUT2D eigenvalue weighted by Gasteiger charge is 2.15. The predicted molar refractivity (Wildman–Crippen MR) is 48.2 cm³/mol. The van der Waals surface area contributed by atoms with Crippen molar-refractivity contribution < 1.29 is 4.74 Å². The second-order valence-corrected chi connectivity index (χ2v) is 3.36. The Morgan fingerprint density at radius 2 is 2.25 bits per heavy atom. The molecule has 1 N–H and O–H groups in total. The summed E-state index contributed by atoms with van der Waals surface area (Å²) in [6.45, 7) is 6.15. The van der Waals surface area contributed by atoms with E-state index < -0.39 is 0 Å². The van der Waals surface area contributed by atoms with Crippen LogP contribution in [0.4, 0.5) is 0 Å². The summed E-state index contributed by atoms with van der Waals surface area (Å²) in [6.07, 6.45) is 4.46. The molecule has 2 aliphatic heterocycles. The van der Waals surface area contributed by atoms with Crippen molar-refractivity contribution in [3.63, 3.8) is 0 Å². The number of nitrogens with one attached hydrogen (secondary N) is 1. The Bertz CT molecular complexity index is 164. The maximum Gasteiger partial charge on any atom is 0.0594 e. The van der Waals surface area contributed by atoms with Crippen molar-refractivity contribution in [1.29, 1.82) is 0 Å². The van der Waals surface area contributed by atoms with Gasteiger partial charge in [0.25, 0.3) is 0 Å². The van der Waals surface area contributed by atoms with E-state index in [1.54, 1.807) is 0 Å². The van der Waals surface area contributed by atoms with Crippen LogP contribution in [0.5, 0.6) is 0 Å². The van der Waals surface area contributed by atoms with Crippen LogP contribution in [0.3, 0.4) is 0 Å². The zero-order valence-corrected chi connectivity index (χ0v) is 7.33. The van der Waals surface area contributed by atoms with Crippen LogP contribution in [0.15, 0.2) is 12.2 Å². The first-order valence-corrected chi connectivity index (χ1v) is 4.65. The highest BCUT2D eigenvalue weighted by Crippen LogP contribution is 2.01. The van der Waals surface area contributed by atoms with Gasteiger partial charge in [-0.2, -0.15) is 0 Å². The molecule has 1 atom stereocenters. The Hall–Kier alpha value is -0.380. The van der Waals surface area contributed by atoms with Crippen LogP contribution in [0, 0.1) is 0 Å². The average Bonchev–Trinajstić information content (AvgIpc) is 2.59. The first-order chi connectivity index (χ1) is 5.95. The summed E-state index contributed by atoms with van der Waals surface area (Å²) >= 11 is 0. The van der Waals surface area contributed by atoms with Crippen LogP contribution >= 0.6 is 0 Å². The highest BCUT2D eigenvalue weighted by atomic mass is 16.5. The van der Waals surface area contributed by atoms with E-state index in [2.05, 4.69) is 22.4 Å². The van der Waals surface area contributed by atoms with Gasteiger partial charge in [0.05, 0.1) is 13.2 Å². The van der Waals surface area contributed by atoms with Crippen LogP contribution in [-0.4, -0.2) is 50.3 Å². The average molecular weight is 168 g/mol. The van der Waals surface area contributed by atoms with Gasteiger partial charge in [0.15, 0.2) is 0 Å². The monoisotopic (exact) mass is 168 g/mol. The Morgan fingerprint density at radius 1 is 1.42 bits per heavy atom. The van der Waals surface area contributed by atoms with Crippen molar-refractivity contribution in [2.75, 3.05) is 39.4 Å². The number of hydrogen-bond donors (Lipinski definition) is 1. The van der Waals surface area contributed by atoms with Gasteiger partial charge in [-0.3, -0.25) is 4.90 Å². The number of morpholine rings is 1. The summed E-state index contributed by atoms with van der Waals surface area (Å²) < 4.78 is 5.28. The molecule has 3 nitrogen and oxygen atoms in total. The zero-order valence-electron chi connectivity index (χ0n) is 7.33. The molecule has 2 heterocycles. The first-order valence-electron chi connectivity index (χ1n) is 4.65. The number of ether oxygens (including phenoxy) is 1. The highest BCUT2D eigenvalue weighted by molar-refractivity contribution is 5.03. The standard InChI is InChI=1S/C9H16N2O/c1-2-9(10-3-1)8-11-4-6-12-7-5-11/h1-2,9-10H,3-8H2. The predicted octanol–water partition coefficient (Wildman–Crippen LogP) is -0.153. The van der Waals surface area contributed by atoms with Gasteiger partial charge in [0.2, 0.25) is 0 Å². The van der Waals surface area contributed by atoms with Gasteiger partial charge in [0.1, 0.15) is 0 Å². The van der Waals surface area contributed by atoms with E-state index in [9.17, 15) is 0 Å². The SMILES string of the molecule is C1=CC(CN2CCOCC2)NC1. The van der Waals surface area contributed by atoms with Crippen LogP contribution in [0.1, 0.15) is 0 Å². The minimum absolute atomic E-state index is 0.572. The molecule has 0 spiro atoms. The van der Waals surface area contributed by atoms with Crippen molar-refractivity contribution in [2.45, 2.75) is 6.04 Å². The summed E-state index contributed by atoms with van der Waals surface area (Å²) in [5.41, 5.74) is 0. The van der Waals surface area contributed by atoms with E-state index in [1.165, 1.54) is 0 Å². The fourth-order valence-electron chi connectivity index (χ4n) is 1.71. The molecule has 0 bridgehead atoms. The van der Waals surface area contributed by atoms with E-state index in [0.29, 0.717) is 6.04 Å². The van der Waals surface area contributed by atoms with Crippen LogP contribution in [-0.2, 0) is 4.74 Å². The molecule has 0 aromatic heterocycles. The van der Waals surface area contributed by atoms with Gasteiger partial charge in [-0.05, 0) is 0 Å². The third kappa shape index (κ3) is 2.06. The number of nitrogens with zero attached hydrogens (tertiary/aromatic N) is 1. The lowest BCUT2D eigenvalue weighted by molar-refractivity contribution is 0.0360. The normalized spacial score (nSPS) is 31.2. The van der Waals surface area contributed by atoms with Gasteiger partial charge in [-0.25, -0.2) is 0 Å². The molecule has 1 fully saturated rings. The topological polar surface area (TPSA) is 24.5 Å². The largest absolute Gasteiger partial charge is 0.379 e. The zero-order chi connectivity index (χ0) is 8.23. The fourth-order valence-corrected chi connectivity index (χ4v) is 1.71. The Labute approximate surface area is 73.4 Å². The quantitative estimate of drug-likeness (QED) is 0.580. The van der Waals surface area contributed by atoms with E-state index in [-0.39, 0.29) is 0 Å². The second kappa shape index (κ2) is 4.03. The van der Waals surface area contributed by atoms with E-state index >= 15 is 0 Å². The van der Waals surface area contributed by atoms with Crippen LogP contribution in [0.2, 0.25) is 0 Å². The van der Waals surface area contributed by atoms with Gasteiger partial charge in [-0.1, -0.05) is 12.2 Å². The molecule has 68 valence electrons. The first kappa shape index (κ1) is 8.23. The minimum atomic E-state index is 0.572. The van der Waals surface area contributed by atoms with Crippen molar-refractivity contribution in [3.05, 3.63) is 12.2 Å². The lowest BCUT2D eigenvalue weighted by atomic mass is 10.3. The van der Waals surface area contributed by atoms with Crippen LogP contribution < -0.4 is 5.32 Å². The Balaban J connectivity index is 1.73. The molecular weight excluding hydrogens is 152 g/mol. The molecule has 0 aliphatic carbocycles. The van der Waals surface area contributed by atoms with Crippen molar-refractivity contribution in [2.24, 2.45) is 0 Å². The molecule has 2 rings (SSSR count). The summed E-state index contributed by atoms with van der Waals surface area (Å²) in [4.78, 5) is 2.46. The molecule has 3 heteroatoms. The second-order valence-electron chi connectivity index (χ2n) is 3.36. The molecule has 0 radical (unpaired) electrons. The summed E-state index contributed by atoms with van der Waals surface area (Å²) in [5, 5.41) is 3.41. The van der Waals surface area contributed by atoms with E-state index in [1.807, 2.05) is 0 Å². The van der Waals surface area contributed by atoms with Gasteiger partial charge >= 0.3 is 0 Å². The molecule has 0 saturated carbocycles. The van der Waals surface area contributed by atoms with Crippen molar-refractivity contribution >= 4 is 0 Å². The van der Waals surface area contributed by atoms with Crippen molar-refractivity contribution in [1.82, 2.24) is 10.2 Å². The molecule has 1 saturated heterocycles. The van der Waals surface area contributed by atoms with Gasteiger partial charge in [0, 0.05) is 32.2 Å². The fraction of sp³-hybridized carbons (Fsp3) is 0.778. The molecule has 0 aromatic carbocycles. The molecule has 0 aromatic rings. The van der Waals surface area contributed by atoms with E-state index in [0.717, 1.165) is 39.4 Å². The van der Waals surface area contributed by atoms with Crippen LogP contribution in [0.25, 0.3) is 0 Å². The Morgan fingerprint density at radius 3 is 2.92 bits per heavy atom. The Kier molecular flexibility index (Phi) is 2.76. The third-order valence-corrected chi connectivity index (χ3v) is 2.42. The summed E-state index contributed by atoms with van der Waals surface area (Å²) in [6, 6.07) is 0.572. The van der Waals surface area contributed by atoms with Crippen molar-refractivity contribution in [3.8, 4) is 0 Å². The maximum absolute atomic E-state index is 5.28. The van der Waals surface area contributed by atoms with Gasteiger partial charge < -0.3 is 10.1 Å².